The second-order valence-electron chi connectivity index (χ2n) is 7.05. The van der Waals surface area contributed by atoms with Crippen LogP contribution >= 0.6 is 0 Å². The lowest BCUT2D eigenvalue weighted by atomic mass is 10.3. The zero-order valence-electron chi connectivity index (χ0n) is 17.4. The number of nitrogens with one attached hydrogen (secondary N) is 1. The molecule has 0 fully saturated rings. The molecule has 0 radical (unpaired) electrons. The maximum Gasteiger partial charge on any atom is 0.258 e. The molecule has 160 valence electrons. The number of hydrogen-bond acceptors (Lipinski definition) is 6. The third kappa shape index (κ3) is 4.72. The van der Waals surface area contributed by atoms with E-state index in [4.69, 9.17) is 14.5 Å². The van der Waals surface area contributed by atoms with Crippen LogP contribution in [0, 0.1) is 0 Å². The highest BCUT2D eigenvalue weighted by Gasteiger charge is 2.18. The van der Waals surface area contributed by atoms with Crippen LogP contribution in [0.1, 0.15) is 18.8 Å². The van der Waals surface area contributed by atoms with Crippen molar-refractivity contribution in [3.63, 3.8) is 0 Å². The second kappa shape index (κ2) is 9.40. The molecule has 0 saturated heterocycles. The Kier molecular flexibility index (Phi) is 6.23. The van der Waals surface area contributed by atoms with Gasteiger partial charge in [-0.15, -0.1) is 10.2 Å². The lowest BCUT2D eigenvalue weighted by Gasteiger charge is -2.16. The van der Waals surface area contributed by atoms with Crippen molar-refractivity contribution in [1.82, 2.24) is 29.6 Å². The number of imidazole rings is 1. The molecular formula is C22H24N6O3. The topological polar surface area (TPSA) is 96.1 Å². The highest BCUT2D eigenvalue weighted by molar-refractivity contribution is 5.79. The van der Waals surface area contributed by atoms with Gasteiger partial charge in [0.1, 0.15) is 24.2 Å². The molecule has 0 bridgehead atoms. The SMILES string of the molecule is COCCn1c(C(C)NC(=O)COc2cccc(-n3cnnc3)c2)nc2ccccc21. The lowest BCUT2D eigenvalue weighted by molar-refractivity contribution is -0.123. The van der Waals surface area contributed by atoms with Crippen LogP contribution in [-0.2, 0) is 16.1 Å². The minimum Gasteiger partial charge on any atom is -0.484 e. The second-order valence-corrected chi connectivity index (χ2v) is 7.05. The summed E-state index contributed by atoms with van der Waals surface area (Å²) in [6, 6.07) is 15.0. The van der Waals surface area contributed by atoms with Crippen molar-refractivity contribution in [2.24, 2.45) is 0 Å². The Bertz CT molecular complexity index is 1160. The van der Waals surface area contributed by atoms with Crippen molar-refractivity contribution in [3.05, 3.63) is 67.0 Å². The van der Waals surface area contributed by atoms with Crippen LogP contribution in [0.2, 0.25) is 0 Å². The molecule has 1 amide bonds. The summed E-state index contributed by atoms with van der Waals surface area (Å²) in [5, 5.41) is 10.6. The Labute approximate surface area is 179 Å². The van der Waals surface area contributed by atoms with E-state index in [1.165, 1.54) is 0 Å². The van der Waals surface area contributed by atoms with Crippen molar-refractivity contribution in [3.8, 4) is 11.4 Å². The lowest BCUT2D eigenvalue weighted by Crippen LogP contribution is -2.32. The first-order valence-corrected chi connectivity index (χ1v) is 9.97. The van der Waals surface area contributed by atoms with Gasteiger partial charge in [0.05, 0.1) is 29.4 Å². The van der Waals surface area contributed by atoms with Gasteiger partial charge in [0.15, 0.2) is 6.61 Å². The first-order chi connectivity index (χ1) is 15.2. The van der Waals surface area contributed by atoms with Gasteiger partial charge >= 0.3 is 0 Å². The Morgan fingerprint density at radius 2 is 1.94 bits per heavy atom. The van der Waals surface area contributed by atoms with Crippen molar-refractivity contribution in [1.29, 1.82) is 0 Å². The van der Waals surface area contributed by atoms with Crippen LogP contribution in [0.25, 0.3) is 16.7 Å². The van der Waals surface area contributed by atoms with Crippen molar-refractivity contribution < 1.29 is 14.3 Å². The van der Waals surface area contributed by atoms with Gasteiger partial charge in [0.25, 0.3) is 5.91 Å². The standard InChI is InChI=1S/C22H24N6O3/c1-16(22-26-19-8-3-4-9-20(19)28(22)10-11-30-2)25-21(29)13-31-18-7-5-6-17(12-18)27-14-23-24-15-27/h3-9,12,14-16H,10-11,13H2,1-2H3,(H,25,29). The quantitative estimate of drug-likeness (QED) is 0.447. The van der Waals surface area contributed by atoms with E-state index in [-0.39, 0.29) is 18.6 Å². The van der Waals surface area contributed by atoms with Crippen LogP contribution in [0.4, 0.5) is 0 Å². The summed E-state index contributed by atoms with van der Waals surface area (Å²) in [6.45, 7) is 3.02. The highest BCUT2D eigenvalue weighted by atomic mass is 16.5. The molecule has 1 atom stereocenters. The van der Waals surface area contributed by atoms with E-state index in [0.29, 0.717) is 18.9 Å². The summed E-state index contributed by atoms with van der Waals surface area (Å²) in [6.07, 6.45) is 3.20. The van der Waals surface area contributed by atoms with Crippen molar-refractivity contribution >= 4 is 16.9 Å². The maximum absolute atomic E-state index is 12.5. The van der Waals surface area contributed by atoms with Gasteiger partial charge in [-0.1, -0.05) is 18.2 Å². The van der Waals surface area contributed by atoms with Gasteiger partial charge in [0.2, 0.25) is 0 Å². The fourth-order valence-electron chi connectivity index (χ4n) is 3.41. The van der Waals surface area contributed by atoms with Crippen LogP contribution in [-0.4, -0.2) is 50.5 Å². The van der Waals surface area contributed by atoms with Gasteiger partial charge in [-0.25, -0.2) is 4.98 Å². The molecule has 9 nitrogen and oxygen atoms in total. The van der Waals surface area contributed by atoms with Crippen LogP contribution in [0.5, 0.6) is 5.75 Å². The molecule has 2 heterocycles. The van der Waals surface area contributed by atoms with E-state index >= 15 is 0 Å². The number of rotatable bonds is 9. The van der Waals surface area contributed by atoms with Gasteiger partial charge in [-0.05, 0) is 31.2 Å². The molecule has 1 unspecified atom stereocenters. The number of benzene rings is 2. The Morgan fingerprint density at radius 3 is 2.74 bits per heavy atom. The molecule has 31 heavy (non-hydrogen) atoms. The van der Waals surface area contributed by atoms with Gasteiger partial charge in [-0.2, -0.15) is 0 Å². The summed E-state index contributed by atoms with van der Waals surface area (Å²) < 4.78 is 14.8. The van der Waals surface area contributed by atoms with Crippen LogP contribution in [0.15, 0.2) is 61.2 Å². The van der Waals surface area contributed by atoms with Crippen LogP contribution in [0.3, 0.4) is 0 Å². The average Bonchev–Trinajstić information content (AvgIpc) is 3.45. The fraction of sp³-hybridized carbons (Fsp3) is 0.273. The largest absolute Gasteiger partial charge is 0.484 e. The smallest absolute Gasteiger partial charge is 0.258 e. The molecule has 0 aliphatic heterocycles. The first-order valence-electron chi connectivity index (χ1n) is 9.97. The summed E-state index contributed by atoms with van der Waals surface area (Å²) in [5.74, 6) is 1.13. The van der Waals surface area contributed by atoms with E-state index in [9.17, 15) is 4.79 Å². The number of ether oxygens (including phenoxy) is 2. The molecule has 9 heteroatoms. The van der Waals surface area contributed by atoms with Crippen LogP contribution < -0.4 is 10.1 Å². The number of amides is 1. The third-order valence-corrected chi connectivity index (χ3v) is 4.87. The molecule has 4 rings (SSSR count). The summed E-state index contributed by atoms with van der Waals surface area (Å²) >= 11 is 0. The van der Waals surface area contributed by atoms with E-state index in [2.05, 4.69) is 20.1 Å². The van der Waals surface area contributed by atoms with E-state index in [1.54, 1.807) is 30.4 Å². The predicted molar refractivity (Wildman–Crippen MR) is 115 cm³/mol. The first kappa shape index (κ1) is 20.5. The molecule has 0 spiro atoms. The number of para-hydroxylation sites is 2. The Hall–Kier alpha value is -3.72. The number of carbonyl (C=O) groups excluding carboxylic acids is 1. The number of nitrogens with zero attached hydrogens (tertiary/aromatic N) is 5. The molecule has 1 N–H and O–H groups in total. The molecular weight excluding hydrogens is 396 g/mol. The minimum absolute atomic E-state index is 0.103. The summed E-state index contributed by atoms with van der Waals surface area (Å²) in [4.78, 5) is 17.2. The number of carbonyl (C=O) groups is 1. The highest BCUT2D eigenvalue weighted by Crippen LogP contribution is 2.21. The van der Waals surface area contributed by atoms with E-state index < -0.39 is 0 Å². The van der Waals surface area contributed by atoms with Gasteiger partial charge in [0, 0.05) is 19.7 Å². The molecule has 0 saturated carbocycles. The molecule has 2 aromatic heterocycles. The number of methoxy groups -OCH3 is 1. The average molecular weight is 420 g/mol. The fourth-order valence-corrected chi connectivity index (χ4v) is 3.41. The maximum atomic E-state index is 12.5. The predicted octanol–water partition coefficient (Wildman–Crippen LogP) is 2.52. The van der Waals surface area contributed by atoms with E-state index in [0.717, 1.165) is 22.5 Å². The van der Waals surface area contributed by atoms with Gasteiger partial charge in [-0.3, -0.25) is 9.36 Å². The Morgan fingerprint density at radius 1 is 1.13 bits per heavy atom. The van der Waals surface area contributed by atoms with Crippen molar-refractivity contribution in [2.45, 2.75) is 19.5 Å². The third-order valence-electron chi connectivity index (χ3n) is 4.87. The Balaban J connectivity index is 1.42. The van der Waals surface area contributed by atoms with E-state index in [1.807, 2.05) is 49.4 Å². The number of aromatic nitrogens is 5. The monoisotopic (exact) mass is 420 g/mol. The molecule has 0 aliphatic rings. The zero-order chi connectivity index (χ0) is 21.6. The number of fused-ring (bicyclic) bond motifs is 1. The van der Waals surface area contributed by atoms with Gasteiger partial charge < -0.3 is 19.4 Å². The molecule has 2 aromatic carbocycles. The minimum atomic E-state index is -0.288. The molecule has 0 aliphatic carbocycles. The summed E-state index contributed by atoms with van der Waals surface area (Å²) in [5.41, 5.74) is 2.75. The molecule has 4 aromatic rings. The van der Waals surface area contributed by atoms with Crippen molar-refractivity contribution in [2.75, 3.05) is 20.3 Å². The normalized spacial score (nSPS) is 12.1. The zero-order valence-corrected chi connectivity index (χ0v) is 17.4. The number of hydrogen-bond donors (Lipinski definition) is 1. The summed E-state index contributed by atoms with van der Waals surface area (Å²) in [7, 11) is 1.67.